The average Bonchev–Trinajstić information content (AvgIpc) is 3.21. The molecule has 0 unspecified atom stereocenters. The van der Waals surface area contributed by atoms with E-state index in [1.807, 2.05) is 66.7 Å². The molecule has 0 radical (unpaired) electrons. The molecule has 3 nitrogen and oxygen atoms in total. The molecule has 0 atom stereocenters. The summed E-state index contributed by atoms with van der Waals surface area (Å²) in [6.07, 6.45) is 9.98. The molecular formula is C33H33NO2. The smallest absolute Gasteiger partial charge is 0.260 e. The van der Waals surface area contributed by atoms with E-state index in [1.54, 1.807) is 0 Å². The van der Waals surface area contributed by atoms with Crippen LogP contribution in [-0.2, 0) is 0 Å². The molecule has 3 aromatic carbocycles. The molecule has 182 valence electrons. The summed E-state index contributed by atoms with van der Waals surface area (Å²) in [4.78, 5) is 13.5. The van der Waals surface area contributed by atoms with Crippen molar-refractivity contribution in [3.63, 3.8) is 0 Å². The van der Waals surface area contributed by atoms with Crippen LogP contribution < -0.4 is 5.32 Å². The van der Waals surface area contributed by atoms with E-state index in [2.05, 4.69) is 51.2 Å². The molecule has 5 rings (SSSR count). The van der Waals surface area contributed by atoms with Crippen LogP contribution in [0.15, 0.2) is 100 Å². The molecule has 0 saturated heterocycles. The van der Waals surface area contributed by atoms with E-state index in [-0.39, 0.29) is 11.3 Å². The topological polar surface area (TPSA) is 42.2 Å². The van der Waals surface area contributed by atoms with Crippen LogP contribution in [0.25, 0.3) is 27.8 Å². The molecule has 0 fully saturated rings. The van der Waals surface area contributed by atoms with Gasteiger partial charge in [-0.2, -0.15) is 0 Å². The van der Waals surface area contributed by atoms with Crippen LogP contribution in [0.1, 0.15) is 63.1 Å². The zero-order valence-corrected chi connectivity index (χ0v) is 21.5. The first-order valence-corrected chi connectivity index (χ1v) is 12.7. The van der Waals surface area contributed by atoms with Gasteiger partial charge in [-0.05, 0) is 84.7 Å². The first-order valence-electron chi connectivity index (χ1n) is 12.7. The Kier molecular flexibility index (Phi) is 6.40. The number of anilines is 1. The summed E-state index contributed by atoms with van der Waals surface area (Å²) in [6.45, 7) is 8.94. The van der Waals surface area contributed by atoms with Crippen molar-refractivity contribution in [2.75, 3.05) is 5.32 Å². The summed E-state index contributed by atoms with van der Waals surface area (Å²) < 4.78 is 6.17. The highest BCUT2D eigenvalue weighted by Gasteiger charge is 2.26. The fourth-order valence-electron chi connectivity index (χ4n) is 5.34. The number of para-hydroxylation sites is 1. The zero-order valence-electron chi connectivity index (χ0n) is 21.5. The van der Waals surface area contributed by atoms with Crippen molar-refractivity contribution < 1.29 is 9.21 Å². The van der Waals surface area contributed by atoms with Crippen molar-refractivity contribution >= 4 is 39.4 Å². The summed E-state index contributed by atoms with van der Waals surface area (Å²) in [6, 6.07) is 21.8. The Morgan fingerprint density at radius 3 is 2.56 bits per heavy atom. The molecule has 0 spiro atoms. The third-order valence-electron chi connectivity index (χ3n) is 7.27. The maximum absolute atomic E-state index is 13.5. The van der Waals surface area contributed by atoms with E-state index in [4.69, 9.17) is 4.42 Å². The van der Waals surface area contributed by atoms with Gasteiger partial charge in [-0.15, -0.1) is 0 Å². The van der Waals surface area contributed by atoms with Gasteiger partial charge in [0.25, 0.3) is 5.91 Å². The monoisotopic (exact) mass is 475 g/mol. The second-order valence-corrected chi connectivity index (χ2v) is 10.5. The van der Waals surface area contributed by atoms with Gasteiger partial charge in [-0.25, -0.2) is 0 Å². The molecule has 36 heavy (non-hydrogen) atoms. The van der Waals surface area contributed by atoms with E-state index in [9.17, 15) is 4.79 Å². The molecule has 0 saturated carbocycles. The standard InChI is InChI=1S/C33H33NO2/c1-22(15-18-28-23(2)10-9-19-33(28,3)4)20-30-31(27-13-7-8-14-29(27)36-30)32(35)34-26-17-16-24-11-5-6-12-25(24)21-26/h5-8,11-18,20-21H,9-10,19H2,1-4H3,(H,34,35). The minimum absolute atomic E-state index is 0.176. The van der Waals surface area contributed by atoms with E-state index in [0.717, 1.165) is 33.8 Å². The Morgan fingerprint density at radius 2 is 1.75 bits per heavy atom. The summed E-state index contributed by atoms with van der Waals surface area (Å²) in [7, 11) is 0. The number of nitrogens with one attached hydrogen (secondary N) is 1. The van der Waals surface area contributed by atoms with Crippen LogP contribution in [-0.4, -0.2) is 5.91 Å². The molecule has 1 aliphatic carbocycles. The Labute approximate surface area is 213 Å². The van der Waals surface area contributed by atoms with Crippen LogP contribution >= 0.6 is 0 Å². The predicted molar refractivity (Wildman–Crippen MR) is 151 cm³/mol. The number of allylic oxidation sites excluding steroid dienone is 5. The van der Waals surface area contributed by atoms with Crippen molar-refractivity contribution in [2.24, 2.45) is 5.41 Å². The van der Waals surface area contributed by atoms with E-state index < -0.39 is 0 Å². The molecule has 1 heterocycles. The number of benzene rings is 3. The van der Waals surface area contributed by atoms with Gasteiger partial charge in [0.05, 0.1) is 5.56 Å². The van der Waals surface area contributed by atoms with Gasteiger partial charge in [-0.3, -0.25) is 4.79 Å². The Hall–Kier alpha value is -3.85. The number of hydrogen-bond acceptors (Lipinski definition) is 2. The van der Waals surface area contributed by atoms with Crippen LogP contribution in [0.3, 0.4) is 0 Å². The number of carbonyl (C=O) groups is 1. The highest BCUT2D eigenvalue weighted by Crippen LogP contribution is 2.41. The number of rotatable bonds is 5. The lowest BCUT2D eigenvalue weighted by atomic mass is 9.72. The number of amides is 1. The van der Waals surface area contributed by atoms with Gasteiger partial charge in [0.2, 0.25) is 0 Å². The quantitative estimate of drug-likeness (QED) is 0.292. The Morgan fingerprint density at radius 1 is 1.00 bits per heavy atom. The summed E-state index contributed by atoms with van der Waals surface area (Å²) >= 11 is 0. The first-order chi connectivity index (χ1) is 17.3. The van der Waals surface area contributed by atoms with Gasteiger partial charge >= 0.3 is 0 Å². The molecule has 0 bridgehead atoms. The van der Waals surface area contributed by atoms with Crippen LogP contribution in [0, 0.1) is 5.41 Å². The summed E-state index contributed by atoms with van der Waals surface area (Å²) in [5, 5.41) is 6.13. The van der Waals surface area contributed by atoms with Crippen LogP contribution in [0.4, 0.5) is 5.69 Å². The molecule has 0 aliphatic heterocycles. The van der Waals surface area contributed by atoms with Gasteiger partial charge in [0.1, 0.15) is 11.3 Å². The molecule has 3 heteroatoms. The van der Waals surface area contributed by atoms with E-state index >= 15 is 0 Å². The lowest BCUT2D eigenvalue weighted by molar-refractivity contribution is 0.102. The number of fused-ring (bicyclic) bond motifs is 2. The van der Waals surface area contributed by atoms with Crippen LogP contribution in [0.2, 0.25) is 0 Å². The summed E-state index contributed by atoms with van der Waals surface area (Å²) in [5.41, 5.74) is 6.13. The zero-order chi connectivity index (χ0) is 25.3. The maximum Gasteiger partial charge on any atom is 0.260 e. The Balaban J connectivity index is 1.48. The molecular weight excluding hydrogens is 442 g/mol. The van der Waals surface area contributed by atoms with Gasteiger partial charge in [0, 0.05) is 11.1 Å². The Bertz CT molecular complexity index is 1540. The van der Waals surface area contributed by atoms with Crippen molar-refractivity contribution in [1.82, 2.24) is 0 Å². The normalized spacial score (nSPS) is 16.3. The maximum atomic E-state index is 13.5. The third kappa shape index (κ3) is 4.79. The molecule has 1 aliphatic rings. The van der Waals surface area contributed by atoms with Gasteiger partial charge < -0.3 is 9.73 Å². The van der Waals surface area contributed by atoms with Crippen LogP contribution in [0.5, 0.6) is 0 Å². The third-order valence-corrected chi connectivity index (χ3v) is 7.27. The average molecular weight is 476 g/mol. The number of furan rings is 1. The van der Waals surface area contributed by atoms with Crippen molar-refractivity contribution in [3.05, 3.63) is 107 Å². The largest absolute Gasteiger partial charge is 0.456 e. The molecule has 1 amide bonds. The van der Waals surface area contributed by atoms with Crippen molar-refractivity contribution in [2.45, 2.75) is 47.0 Å². The summed E-state index contributed by atoms with van der Waals surface area (Å²) in [5.74, 6) is 0.399. The molecule has 1 aromatic heterocycles. The van der Waals surface area contributed by atoms with Crippen molar-refractivity contribution in [1.29, 1.82) is 0 Å². The highest BCUT2D eigenvalue weighted by atomic mass is 16.3. The van der Waals surface area contributed by atoms with Gasteiger partial charge in [0.15, 0.2) is 0 Å². The second-order valence-electron chi connectivity index (χ2n) is 10.5. The van der Waals surface area contributed by atoms with Gasteiger partial charge in [-0.1, -0.05) is 80.1 Å². The molecule has 4 aromatic rings. The minimum Gasteiger partial charge on any atom is -0.456 e. The highest BCUT2D eigenvalue weighted by molar-refractivity contribution is 6.15. The minimum atomic E-state index is -0.176. The second kappa shape index (κ2) is 9.66. The fraction of sp³-hybridized carbons (Fsp3) is 0.242. The SMILES string of the molecule is CC(C=CC1=C(C)CCCC1(C)C)=Cc1oc2ccccc2c1C(=O)Nc1ccc2ccccc2c1. The van der Waals surface area contributed by atoms with E-state index in [0.29, 0.717) is 16.9 Å². The number of hydrogen-bond donors (Lipinski definition) is 1. The van der Waals surface area contributed by atoms with Crippen molar-refractivity contribution in [3.8, 4) is 0 Å². The first kappa shape index (κ1) is 23.9. The lowest BCUT2D eigenvalue weighted by Gasteiger charge is -2.32. The lowest BCUT2D eigenvalue weighted by Crippen LogP contribution is -2.19. The predicted octanol–water partition coefficient (Wildman–Crippen LogP) is 9.32. The molecule has 1 N–H and O–H groups in total. The van der Waals surface area contributed by atoms with E-state index in [1.165, 1.54) is 24.0 Å². The number of carbonyl (C=O) groups excluding carboxylic acids is 1. The fourth-order valence-corrected chi connectivity index (χ4v) is 5.34.